The number of aryl methyl sites for hydroxylation is 1. The number of rotatable bonds is 4. The van der Waals surface area contributed by atoms with Gasteiger partial charge in [-0.1, -0.05) is 23.7 Å². The maximum atomic E-state index is 13.5. The van der Waals surface area contributed by atoms with Crippen LogP contribution in [0, 0.1) is 24.1 Å². The number of benzene rings is 2. The summed E-state index contributed by atoms with van der Waals surface area (Å²) >= 11 is 6.25. The summed E-state index contributed by atoms with van der Waals surface area (Å²) in [6, 6.07) is 13.4. The van der Waals surface area contributed by atoms with Gasteiger partial charge in [0.05, 0.1) is 5.92 Å². The number of aromatic amines is 1. The number of nitrogens with zero attached hydrogens (tertiary/aromatic N) is 2. The Morgan fingerprint density at radius 3 is 2.93 bits per heavy atom. The molecule has 0 saturated carbocycles. The molecule has 0 radical (unpaired) electrons. The Hall–Kier alpha value is -3.50. The minimum absolute atomic E-state index is 0.0208. The fourth-order valence-electron chi connectivity index (χ4n) is 3.37. The topological polar surface area (TPSA) is 97.0 Å². The molecule has 1 aliphatic heterocycles. The third-order valence-electron chi connectivity index (χ3n) is 4.70. The van der Waals surface area contributed by atoms with Crippen molar-refractivity contribution in [2.45, 2.75) is 19.4 Å². The Morgan fingerprint density at radius 1 is 1.34 bits per heavy atom. The van der Waals surface area contributed by atoms with E-state index in [0.29, 0.717) is 33.3 Å². The highest BCUT2D eigenvalue weighted by Crippen LogP contribution is 2.46. The first-order chi connectivity index (χ1) is 14.0. The van der Waals surface area contributed by atoms with Crippen LogP contribution in [0.25, 0.3) is 0 Å². The molecule has 0 amide bonds. The van der Waals surface area contributed by atoms with Crippen molar-refractivity contribution in [1.82, 2.24) is 10.2 Å². The predicted molar refractivity (Wildman–Crippen MR) is 105 cm³/mol. The van der Waals surface area contributed by atoms with E-state index in [-0.39, 0.29) is 23.9 Å². The number of aromatic nitrogens is 2. The lowest BCUT2D eigenvalue weighted by Gasteiger charge is -2.25. The normalized spacial score (nSPS) is 15.4. The van der Waals surface area contributed by atoms with E-state index in [1.807, 2.05) is 6.92 Å². The molecule has 1 atom stereocenters. The molecule has 4 rings (SSSR count). The highest BCUT2D eigenvalue weighted by Gasteiger charge is 2.36. The quantitative estimate of drug-likeness (QED) is 0.668. The Balaban J connectivity index is 1.79. The van der Waals surface area contributed by atoms with Gasteiger partial charge in [0.15, 0.2) is 0 Å². The molecule has 0 saturated heterocycles. The van der Waals surface area contributed by atoms with Crippen molar-refractivity contribution < 1.29 is 13.9 Å². The summed E-state index contributed by atoms with van der Waals surface area (Å²) in [5.74, 6) is -0.123. The largest absolute Gasteiger partial charge is 0.489 e. The van der Waals surface area contributed by atoms with Crippen LogP contribution in [0.1, 0.15) is 28.3 Å². The van der Waals surface area contributed by atoms with E-state index in [2.05, 4.69) is 16.3 Å². The third kappa shape index (κ3) is 3.50. The van der Waals surface area contributed by atoms with E-state index in [4.69, 9.17) is 26.8 Å². The van der Waals surface area contributed by atoms with Crippen molar-refractivity contribution in [3.63, 3.8) is 0 Å². The molecular weight excluding hydrogens is 395 g/mol. The second kappa shape index (κ2) is 7.49. The summed E-state index contributed by atoms with van der Waals surface area (Å²) in [7, 11) is 0. The van der Waals surface area contributed by atoms with Gasteiger partial charge in [0.2, 0.25) is 11.8 Å². The lowest BCUT2D eigenvalue weighted by molar-refractivity contribution is 0.301. The van der Waals surface area contributed by atoms with Crippen molar-refractivity contribution in [2.75, 3.05) is 0 Å². The maximum Gasteiger partial charge on any atom is 0.244 e. The summed E-state index contributed by atoms with van der Waals surface area (Å²) in [6.45, 7) is 1.98. The molecule has 146 valence electrons. The molecule has 0 fully saturated rings. The molecular formula is C21H16ClFN4O2. The molecule has 6 nitrogen and oxygen atoms in total. The number of nitrogens with two attached hydrogens (primary N) is 1. The highest BCUT2D eigenvalue weighted by molar-refractivity contribution is 6.30. The van der Waals surface area contributed by atoms with E-state index in [1.54, 1.807) is 30.3 Å². The number of nitrogens with one attached hydrogen (secondary N) is 1. The van der Waals surface area contributed by atoms with Crippen molar-refractivity contribution in [2.24, 2.45) is 5.73 Å². The monoisotopic (exact) mass is 410 g/mol. The smallest absolute Gasteiger partial charge is 0.244 e. The fraction of sp³-hybridized carbons (Fsp3) is 0.143. The molecule has 0 aliphatic carbocycles. The van der Waals surface area contributed by atoms with Crippen molar-refractivity contribution >= 4 is 11.6 Å². The minimum atomic E-state index is -0.566. The van der Waals surface area contributed by atoms with E-state index >= 15 is 0 Å². The van der Waals surface area contributed by atoms with Gasteiger partial charge in [-0.3, -0.25) is 5.10 Å². The van der Waals surface area contributed by atoms with Gasteiger partial charge in [-0.25, -0.2) is 4.39 Å². The predicted octanol–water partition coefficient (Wildman–Crippen LogP) is 4.31. The molecule has 29 heavy (non-hydrogen) atoms. The number of nitriles is 1. The van der Waals surface area contributed by atoms with Crippen molar-refractivity contribution in [1.29, 1.82) is 5.26 Å². The molecule has 3 aromatic rings. The summed E-state index contributed by atoms with van der Waals surface area (Å²) in [5.41, 5.74) is 8.95. The molecule has 2 aromatic carbocycles. The zero-order valence-electron chi connectivity index (χ0n) is 15.4. The van der Waals surface area contributed by atoms with Gasteiger partial charge in [-0.2, -0.15) is 5.26 Å². The Labute approximate surface area is 171 Å². The third-order valence-corrected chi connectivity index (χ3v) is 4.93. The van der Waals surface area contributed by atoms with Gasteiger partial charge < -0.3 is 15.2 Å². The first-order valence-electron chi connectivity index (χ1n) is 8.77. The molecule has 1 unspecified atom stereocenters. The molecule has 0 bridgehead atoms. The second-order valence-electron chi connectivity index (χ2n) is 6.59. The van der Waals surface area contributed by atoms with Gasteiger partial charge in [-0.15, -0.1) is 5.10 Å². The first-order valence-corrected chi connectivity index (χ1v) is 9.15. The van der Waals surface area contributed by atoms with Crippen molar-refractivity contribution in [3.8, 4) is 17.7 Å². The lowest BCUT2D eigenvalue weighted by Crippen LogP contribution is -2.21. The number of fused-ring (bicyclic) bond motifs is 1. The number of ether oxygens (including phenoxy) is 2. The van der Waals surface area contributed by atoms with Crippen LogP contribution in [-0.4, -0.2) is 10.2 Å². The Kier molecular flexibility index (Phi) is 4.87. The van der Waals surface area contributed by atoms with E-state index in [0.717, 1.165) is 5.69 Å². The van der Waals surface area contributed by atoms with Crippen LogP contribution in [-0.2, 0) is 6.61 Å². The van der Waals surface area contributed by atoms with Gasteiger partial charge in [0.1, 0.15) is 29.8 Å². The van der Waals surface area contributed by atoms with E-state index in [9.17, 15) is 9.65 Å². The summed E-state index contributed by atoms with van der Waals surface area (Å²) in [6.07, 6.45) is 0. The standard InChI is InChI=1S/C21H16ClFN4O2/c1-11-18-19(16(9-24)20(25)29-21(18)27-26-11)15-8-13(22)5-6-17(15)28-10-12-3-2-4-14(23)7-12/h2-8,19H,10,25H2,1H3,(H,26,27). The molecule has 1 aliphatic rings. The summed E-state index contributed by atoms with van der Waals surface area (Å²) in [4.78, 5) is 0. The summed E-state index contributed by atoms with van der Waals surface area (Å²) in [5, 5.41) is 17.2. The zero-order chi connectivity index (χ0) is 20.5. The maximum absolute atomic E-state index is 13.5. The second-order valence-corrected chi connectivity index (χ2v) is 7.03. The van der Waals surface area contributed by atoms with Gasteiger partial charge >= 0.3 is 0 Å². The van der Waals surface area contributed by atoms with Crippen LogP contribution >= 0.6 is 11.6 Å². The van der Waals surface area contributed by atoms with Gasteiger partial charge in [-0.05, 0) is 42.8 Å². The van der Waals surface area contributed by atoms with Crippen LogP contribution in [0.2, 0.25) is 5.02 Å². The van der Waals surface area contributed by atoms with Crippen LogP contribution in [0.4, 0.5) is 4.39 Å². The van der Waals surface area contributed by atoms with Crippen molar-refractivity contribution in [3.05, 3.63) is 87.1 Å². The Bertz CT molecular complexity index is 1170. The lowest BCUT2D eigenvalue weighted by atomic mass is 9.83. The van der Waals surface area contributed by atoms with E-state index in [1.165, 1.54) is 12.1 Å². The van der Waals surface area contributed by atoms with E-state index < -0.39 is 5.92 Å². The highest BCUT2D eigenvalue weighted by atomic mass is 35.5. The number of allylic oxidation sites excluding steroid dienone is 1. The SMILES string of the molecule is Cc1[nH]nc2c1C(c1cc(Cl)ccc1OCc1cccc(F)c1)C(C#N)=C(N)O2. The van der Waals surface area contributed by atoms with Crippen LogP contribution in [0.15, 0.2) is 53.9 Å². The number of hydrogen-bond donors (Lipinski definition) is 2. The molecule has 0 spiro atoms. The van der Waals surface area contributed by atoms with Crippen LogP contribution in [0.5, 0.6) is 11.6 Å². The van der Waals surface area contributed by atoms with Crippen LogP contribution < -0.4 is 15.2 Å². The van der Waals surface area contributed by atoms with Gasteiger partial charge in [0.25, 0.3) is 0 Å². The minimum Gasteiger partial charge on any atom is -0.489 e. The number of H-pyrrole nitrogens is 1. The fourth-order valence-corrected chi connectivity index (χ4v) is 3.55. The molecule has 1 aromatic heterocycles. The molecule has 8 heteroatoms. The van der Waals surface area contributed by atoms with Gasteiger partial charge in [0, 0.05) is 21.8 Å². The number of hydrogen-bond acceptors (Lipinski definition) is 5. The average molecular weight is 411 g/mol. The number of halogens is 2. The average Bonchev–Trinajstić information content (AvgIpc) is 3.06. The zero-order valence-corrected chi connectivity index (χ0v) is 16.1. The van der Waals surface area contributed by atoms with Crippen LogP contribution in [0.3, 0.4) is 0 Å². The molecule has 2 heterocycles. The molecule has 3 N–H and O–H groups in total. The summed E-state index contributed by atoms with van der Waals surface area (Å²) < 4.78 is 25.0. The first kappa shape index (κ1) is 18.8. The Morgan fingerprint density at radius 2 is 2.17 bits per heavy atom.